The van der Waals surface area contributed by atoms with Gasteiger partial charge in [-0.05, 0) is 68.3 Å². The molecule has 0 aliphatic heterocycles. The van der Waals surface area contributed by atoms with Gasteiger partial charge in [0.2, 0.25) is 0 Å². The SMILES string of the molecule is Cc1cc2nc(-c3ccc(F)cc3)n(C(C)C(=O)O)c2cc1C. The number of aliphatic carboxylic acids is 1. The summed E-state index contributed by atoms with van der Waals surface area (Å²) in [5.41, 5.74) is 4.35. The third kappa shape index (κ3) is 2.59. The summed E-state index contributed by atoms with van der Waals surface area (Å²) in [6, 6.07) is 9.04. The van der Waals surface area contributed by atoms with Crippen LogP contribution in [0.5, 0.6) is 0 Å². The summed E-state index contributed by atoms with van der Waals surface area (Å²) in [7, 11) is 0. The van der Waals surface area contributed by atoms with Crippen LogP contribution in [-0.2, 0) is 4.79 Å². The summed E-state index contributed by atoms with van der Waals surface area (Å²) in [5.74, 6) is -0.750. The van der Waals surface area contributed by atoms with E-state index in [1.807, 2.05) is 26.0 Å². The molecule has 23 heavy (non-hydrogen) atoms. The molecule has 0 radical (unpaired) electrons. The Morgan fingerprint density at radius 3 is 2.39 bits per heavy atom. The van der Waals surface area contributed by atoms with E-state index in [1.54, 1.807) is 23.6 Å². The van der Waals surface area contributed by atoms with E-state index in [9.17, 15) is 14.3 Å². The van der Waals surface area contributed by atoms with Gasteiger partial charge in [0.05, 0.1) is 11.0 Å². The van der Waals surface area contributed by atoms with Crippen molar-refractivity contribution in [3.05, 3.63) is 53.3 Å². The maximum Gasteiger partial charge on any atom is 0.326 e. The highest BCUT2D eigenvalue weighted by Gasteiger charge is 2.22. The molecule has 0 aliphatic carbocycles. The van der Waals surface area contributed by atoms with Crippen molar-refractivity contribution in [3.63, 3.8) is 0 Å². The van der Waals surface area contributed by atoms with Gasteiger partial charge in [-0.1, -0.05) is 0 Å². The highest BCUT2D eigenvalue weighted by atomic mass is 19.1. The molecule has 0 saturated heterocycles. The first-order valence-electron chi connectivity index (χ1n) is 7.36. The lowest BCUT2D eigenvalue weighted by Crippen LogP contribution is -2.16. The molecule has 0 bridgehead atoms. The van der Waals surface area contributed by atoms with Crippen LogP contribution in [0.1, 0.15) is 24.1 Å². The van der Waals surface area contributed by atoms with Crippen LogP contribution in [0.3, 0.4) is 0 Å². The Labute approximate surface area is 133 Å². The number of carboxylic acid groups (broad SMARTS) is 1. The van der Waals surface area contributed by atoms with Gasteiger partial charge in [0.15, 0.2) is 0 Å². The number of fused-ring (bicyclic) bond motifs is 1. The number of halogens is 1. The van der Waals surface area contributed by atoms with Crippen molar-refractivity contribution in [1.29, 1.82) is 0 Å². The van der Waals surface area contributed by atoms with Gasteiger partial charge in [-0.3, -0.25) is 0 Å². The fraction of sp³-hybridized carbons (Fsp3) is 0.222. The van der Waals surface area contributed by atoms with Crippen LogP contribution < -0.4 is 0 Å². The Hall–Kier alpha value is -2.69. The minimum Gasteiger partial charge on any atom is -0.480 e. The number of nitrogens with zero attached hydrogens (tertiary/aromatic N) is 2. The Bertz CT molecular complexity index is 898. The zero-order valence-electron chi connectivity index (χ0n) is 13.2. The molecule has 0 spiro atoms. The Morgan fingerprint density at radius 2 is 1.78 bits per heavy atom. The van der Waals surface area contributed by atoms with Crippen LogP contribution in [0.15, 0.2) is 36.4 Å². The van der Waals surface area contributed by atoms with Crippen LogP contribution in [0.25, 0.3) is 22.4 Å². The number of hydrogen-bond donors (Lipinski definition) is 1. The van der Waals surface area contributed by atoms with Gasteiger partial charge in [-0.15, -0.1) is 0 Å². The molecule has 1 N–H and O–H groups in total. The van der Waals surface area contributed by atoms with Crippen molar-refractivity contribution in [3.8, 4) is 11.4 Å². The number of hydrogen-bond acceptors (Lipinski definition) is 2. The van der Waals surface area contributed by atoms with E-state index in [2.05, 4.69) is 4.98 Å². The van der Waals surface area contributed by atoms with Gasteiger partial charge in [0, 0.05) is 5.56 Å². The van der Waals surface area contributed by atoms with Crippen molar-refractivity contribution >= 4 is 17.0 Å². The molecule has 0 fully saturated rings. The molecule has 118 valence electrons. The van der Waals surface area contributed by atoms with E-state index < -0.39 is 12.0 Å². The molecule has 0 amide bonds. The summed E-state index contributed by atoms with van der Waals surface area (Å²) in [5, 5.41) is 9.44. The first kappa shape index (κ1) is 15.2. The average molecular weight is 312 g/mol. The van der Waals surface area contributed by atoms with E-state index in [0.717, 1.165) is 22.2 Å². The van der Waals surface area contributed by atoms with Crippen LogP contribution in [0, 0.1) is 19.7 Å². The highest BCUT2D eigenvalue weighted by molar-refractivity contribution is 5.85. The summed E-state index contributed by atoms with van der Waals surface area (Å²) in [4.78, 5) is 16.1. The number of aryl methyl sites for hydroxylation is 2. The highest BCUT2D eigenvalue weighted by Crippen LogP contribution is 2.30. The van der Waals surface area contributed by atoms with Crippen molar-refractivity contribution in [2.24, 2.45) is 0 Å². The monoisotopic (exact) mass is 312 g/mol. The van der Waals surface area contributed by atoms with Crippen molar-refractivity contribution in [1.82, 2.24) is 9.55 Å². The van der Waals surface area contributed by atoms with Crippen LogP contribution in [-0.4, -0.2) is 20.6 Å². The van der Waals surface area contributed by atoms with Crippen LogP contribution in [0.2, 0.25) is 0 Å². The predicted octanol–water partition coefficient (Wildman–Crippen LogP) is 4.10. The first-order chi connectivity index (χ1) is 10.9. The van der Waals surface area contributed by atoms with Crippen molar-refractivity contribution in [2.45, 2.75) is 26.8 Å². The molecule has 5 heteroatoms. The molecular formula is C18H17FN2O2. The fourth-order valence-corrected chi connectivity index (χ4v) is 2.66. The predicted molar refractivity (Wildman–Crippen MR) is 86.9 cm³/mol. The minimum absolute atomic E-state index is 0.339. The number of carboxylic acids is 1. The Balaban J connectivity index is 2.33. The number of aromatic nitrogens is 2. The van der Waals surface area contributed by atoms with E-state index in [-0.39, 0.29) is 5.82 Å². The second-order valence-electron chi connectivity index (χ2n) is 5.75. The third-order valence-electron chi connectivity index (χ3n) is 4.15. The van der Waals surface area contributed by atoms with Gasteiger partial charge in [-0.25, -0.2) is 14.2 Å². The number of rotatable bonds is 3. The lowest BCUT2D eigenvalue weighted by molar-refractivity contribution is -0.140. The second-order valence-corrected chi connectivity index (χ2v) is 5.75. The van der Waals surface area contributed by atoms with Crippen molar-refractivity contribution < 1.29 is 14.3 Å². The molecule has 1 heterocycles. The Morgan fingerprint density at radius 1 is 1.17 bits per heavy atom. The quantitative estimate of drug-likeness (QED) is 0.792. The number of carbonyl (C=O) groups is 1. The molecule has 3 aromatic rings. The largest absolute Gasteiger partial charge is 0.480 e. The molecule has 2 aromatic carbocycles. The summed E-state index contributed by atoms with van der Waals surface area (Å²) >= 11 is 0. The molecule has 3 rings (SSSR count). The fourth-order valence-electron chi connectivity index (χ4n) is 2.66. The molecule has 4 nitrogen and oxygen atoms in total. The molecule has 1 unspecified atom stereocenters. The van der Waals surface area contributed by atoms with Crippen LogP contribution >= 0.6 is 0 Å². The number of benzene rings is 2. The van der Waals surface area contributed by atoms with Gasteiger partial charge < -0.3 is 9.67 Å². The summed E-state index contributed by atoms with van der Waals surface area (Å²) in [6.45, 7) is 5.59. The smallest absolute Gasteiger partial charge is 0.326 e. The number of imidazole rings is 1. The minimum atomic E-state index is -0.939. The molecular weight excluding hydrogens is 295 g/mol. The van der Waals surface area contributed by atoms with E-state index >= 15 is 0 Å². The van der Waals surface area contributed by atoms with Gasteiger partial charge in [0.25, 0.3) is 0 Å². The zero-order valence-corrected chi connectivity index (χ0v) is 13.2. The summed E-state index contributed by atoms with van der Waals surface area (Å²) < 4.78 is 14.9. The average Bonchev–Trinajstić information content (AvgIpc) is 2.86. The van der Waals surface area contributed by atoms with E-state index in [4.69, 9.17) is 0 Å². The lowest BCUT2D eigenvalue weighted by Gasteiger charge is -2.14. The van der Waals surface area contributed by atoms with Crippen LogP contribution in [0.4, 0.5) is 4.39 Å². The summed E-state index contributed by atoms with van der Waals surface area (Å²) in [6.07, 6.45) is 0. The molecule has 0 aliphatic rings. The molecule has 0 saturated carbocycles. The molecule has 1 atom stereocenters. The first-order valence-corrected chi connectivity index (χ1v) is 7.36. The van der Waals surface area contributed by atoms with Gasteiger partial charge in [0.1, 0.15) is 17.7 Å². The maximum absolute atomic E-state index is 13.2. The normalized spacial score (nSPS) is 12.5. The van der Waals surface area contributed by atoms with Crippen molar-refractivity contribution in [2.75, 3.05) is 0 Å². The standard InChI is InChI=1S/C18H17FN2O2/c1-10-8-15-16(9-11(10)2)21(12(3)18(22)23)17(20-15)13-4-6-14(19)7-5-13/h4-9,12H,1-3H3,(H,22,23). The third-order valence-corrected chi connectivity index (χ3v) is 4.15. The van der Waals surface area contributed by atoms with Gasteiger partial charge >= 0.3 is 5.97 Å². The molecule has 1 aromatic heterocycles. The topological polar surface area (TPSA) is 55.1 Å². The lowest BCUT2D eigenvalue weighted by atomic mass is 10.1. The van der Waals surface area contributed by atoms with E-state index in [1.165, 1.54) is 12.1 Å². The Kier molecular flexibility index (Phi) is 3.64. The zero-order chi connectivity index (χ0) is 16.7. The van der Waals surface area contributed by atoms with Gasteiger partial charge in [-0.2, -0.15) is 0 Å². The maximum atomic E-state index is 13.2. The second kappa shape index (κ2) is 5.50. The van der Waals surface area contributed by atoms with E-state index in [0.29, 0.717) is 11.4 Å².